The number of hydrogen-bond donors (Lipinski definition) is 3. The monoisotopic (exact) mass is 356 g/mol. The van der Waals surface area contributed by atoms with Crippen LogP contribution in [0, 0.1) is 12.3 Å². The molecule has 1 aliphatic heterocycles. The van der Waals surface area contributed by atoms with Crippen LogP contribution in [0.25, 0.3) is 0 Å². The molecule has 4 N–H and O–H groups in total. The number of nitrogens with one attached hydrogen (secondary N) is 2. The second-order valence-electron chi connectivity index (χ2n) is 5.76. The first-order valence-electron chi connectivity index (χ1n) is 7.79. The van der Waals surface area contributed by atoms with Gasteiger partial charge in [-0.2, -0.15) is 28.5 Å². The number of aromatic nitrogens is 2. The maximum absolute atomic E-state index is 13.0. The van der Waals surface area contributed by atoms with Crippen LogP contribution in [-0.2, 0) is 11.0 Å². The van der Waals surface area contributed by atoms with Crippen LogP contribution < -0.4 is 11.1 Å². The summed E-state index contributed by atoms with van der Waals surface area (Å²) in [5.41, 5.74) is 3.66. The number of halogens is 3. The third-order valence-electron chi connectivity index (χ3n) is 3.98. The average molecular weight is 356 g/mol. The van der Waals surface area contributed by atoms with E-state index in [4.69, 9.17) is 12.2 Å². The van der Waals surface area contributed by atoms with Crippen LogP contribution in [0.3, 0.4) is 0 Å². The fourth-order valence-corrected chi connectivity index (χ4v) is 2.56. The fourth-order valence-electron chi connectivity index (χ4n) is 2.56. The molecule has 0 saturated carbocycles. The third kappa shape index (κ3) is 4.79. The first-order valence-corrected chi connectivity index (χ1v) is 7.79. The van der Waals surface area contributed by atoms with Crippen LogP contribution in [-0.4, -0.2) is 34.9 Å². The van der Waals surface area contributed by atoms with Gasteiger partial charge in [0.2, 0.25) is 5.91 Å². The van der Waals surface area contributed by atoms with Gasteiger partial charge in [0.05, 0.1) is 12.1 Å². The van der Waals surface area contributed by atoms with Gasteiger partial charge < -0.3 is 11.1 Å². The van der Waals surface area contributed by atoms with Crippen molar-refractivity contribution in [1.82, 2.24) is 15.5 Å². The summed E-state index contributed by atoms with van der Waals surface area (Å²) in [4.78, 5) is 12.4. The smallest absolute Gasteiger partial charge is 0.355 e. The van der Waals surface area contributed by atoms with E-state index in [1.165, 1.54) is 0 Å². The number of amides is 1. The van der Waals surface area contributed by atoms with E-state index in [-0.39, 0.29) is 25.1 Å². The molecule has 136 valence electrons. The molecule has 1 amide bonds. The topological polar surface area (TPSA) is 109 Å². The van der Waals surface area contributed by atoms with Crippen LogP contribution in [0.15, 0.2) is 16.4 Å². The number of aromatic amines is 1. The van der Waals surface area contributed by atoms with Crippen molar-refractivity contribution in [1.29, 1.82) is 0 Å². The Hall–Kier alpha value is -2.41. The Balaban J connectivity index is 1.97. The molecule has 2 heterocycles. The third-order valence-corrected chi connectivity index (χ3v) is 3.98. The molecular formula is C15H19F3N6O. The summed E-state index contributed by atoms with van der Waals surface area (Å²) in [5, 5.41) is 15.8. The summed E-state index contributed by atoms with van der Waals surface area (Å²) in [6.45, 7) is 0.300. The molecule has 0 bridgehead atoms. The van der Waals surface area contributed by atoms with Gasteiger partial charge in [0.15, 0.2) is 5.66 Å². The lowest BCUT2D eigenvalue weighted by Crippen LogP contribution is -2.34. The Kier molecular flexibility index (Phi) is 5.79. The number of nitrogens with zero attached hydrogens (tertiary/aromatic N) is 3. The second-order valence-corrected chi connectivity index (χ2v) is 5.76. The molecule has 1 aromatic heterocycles. The van der Waals surface area contributed by atoms with Crippen molar-refractivity contribution in [3.8, 4) is 12.3 Å². The number of carbonyl (C=O) groups excluding carboxylic acids is 1. The molecule has 1 unspecified atom stereocenters. The highest BCUT2D eigenvalue weighted by Gasteiger charge is 2.40. The van der Waals surface area contributed by atoms with Gasteiger partial charge in [-0.15, -0.1) is 12.3 Å². The lowest BCUT2D eigenvalue weighted by molar-refractivity contribution is -0.142. The number of terminal acetylenes is 1. The lowest BCUT2D eigenvalue weighted by Gasteiger charge is -2.18. The Morgan fingerprint density at radius 2 is 2.16 bits per heavy atom. The lowest BCUT2D eigenvalue weighted by atomic mass is 9.94. The van der Waals surface area contributed by atoms with Crippen molar-refractivity contribution in [3.63, 3.8) is 0 Å². The van der Waals surface area contributed by atoms with Crippen LogP contribution in [0.5, 0.6) is 0 Å². The summed E-state index contributed by atoms with van der Waals surface area (Å²) in [6, 6.07) is 0. The van der Waals surface area contributed by atoms with E-state index < -0.39 is 29.4 Å². The summed E-state index contributed by atoms with van der Waals surface area (Å²) in [6.07, 6.45) is 3.23. The van der Waals surface area contributed by atoms with Crippen LogP contribution in [0.4, 0.5) is 13.2 Å². The van der Waals surface area contributed by atoms with Gasteiger partial charge in [-0.1, -0.05) is 0 Å². The maximum Gasteiger partial charge on any atom is 0.433 e. The van der Waals surface area contributed by atoms with Crippen molar-refractivity contribution >= 4 is 5.91 Å². The minimum absolute atomic E-state index is 0.0668. The Morgan fingerprint density at radius 3 is 2.72 bits per heavy atom. The van der Waals surface area contributed by atoms with Gasteiger partial charge in [-0.3, -0.25) is 9.89 Å². The first kappa shape index (κ1) is 18.9. The molecule has 25 heavy (non-hydrogen) atoms. The number of H-pyrrole nitrogens is 1. The molecule has 0 aliphatic carbocycles. The predicted molar refractivity (Wildman–Crippen MR) is 83.3 cm³/mol. The molecule has 0 fully saturated rings. The molecule has 0 spiro atoms. The van der Waals surface area contributed by atoms with Gasteiger partial charge in [0.25, 0.3) is 0 Å². The SMILES string of the molecule is C#CCCC1(CCNC(=O)C(CCN)c2cn[nH]c2C(F)(F)F)N=N1. The highest BCUT2D eigenvalue weighted by molar-refractivity contribution is 5.83. The Morgan fingerprint density at radius 1 is 1.44 bits per heavy atom. The molecular weight excluding hydrogens is 337 g/mol. The predicted octanol–water partition coefficient (Wildman–Crippen LogP) is 1.94. The van der Waals surface area contributed by atoms with Crippen LogP contribution >= 0.6 is 0 Å². The van der Waals surface area contributed by atoms with Gasteiger partial charge in [0, 0.05) is 31.4 Å². The quantitative estimate of drug-likeness (QED) is 0.588. The molecule has 0 radical (unpaired) electrons. The van der Waals surface area contributed by atoms with E-state index in [2.05, 4.69) is 26.6 Å². The molecule has 2 rings (SSSR count). The van der Waals surface area contributed by atoms with E-state index >= 15 is 0 Å². The standard InChI is InChI=1S/C15H19F3N6O/c1-2-3-5-14(23-24-14)6-8-20-13(25)10(4-7-19)11-9-21-22-12(11)15(16,17)18/h1,9-10H,3-8,19H2,(H,20,25)(H,21,22). The van der Waals surface area contributed by atoms with E-state index in [1.54, 1.807) is 0 Å². The summed E-state index contributed by atoms with van der Waals surface area (Å²) >= 11 is 0. The largest absolute Gasteiger partial charge is 0.433 e. The molecule has 10 heteroatoms. The van der Waals surface area contributed by atoms with E-state index in [9.17, 15) is 18.0 Å². The number of hydrogen-bond acceptors (Lipinski definition) is 5. The Bertz CT molecular complexity index is 670. The number of nitrogens with two attached hydrogens (primary N) is 1. The fraction of sp³-hybridized carbons (Fsp3) is 0.600. The van der Waals surface area contributed by atoms with Gasteiger partial charge >= 0.3 is 6.18 Å². The summed E-state index contributed by atoms with van der Waals surface area (Å²) in [7, 11) is 0. The van der Waals surface area contributed by atoms with Crippen LogP contribution in [0.2, 0.25) is 0 Å². The number of rotatable bonds is 9. The minimum Gasteiger partial charge on any atom is -0.355 e. The molecule has 1 aromatic rings. The van der Waals surface area contributed by atoms with E-state index in [0.29, 0.717) is 19.3 Å². The minimum atomic E-state index is -4.62. The maximum atomic E-state index is 13.0. The molecule has 1 atom stereocenters. The molecule has 0 aromatic carbocycles. The number of carbonyl (C=O) groups is 1. The highest BCUT2D eigenvalue weighted by atomic mass is 19.4. The summed E-state index contributed by atoms with van der Waals surface area (Å²) in [5.74, 6) is 0.929. The second kappa shape index (κ2) is 7.65. The van der Waals surface area contributed by atoms with Crippen molar-refractivity contribution in [2.24, 2.45) is 16.0 Å². The molecule has 1 aliphatic rings. The molecule has 7 nitrogen and oxygen atoms in total. The zero-order valence-corrected chi connectivity index (χ0v) is 13.4. The van der Waals surface area contributed by atoms with Crippen molar-refractivity contribution in [3.05, 3.63) is 17.5 Å². The van der Waals surface area contributed by atoms with Gasteiger partial charge in [-0.25, -0.2) is 0 Å². The van der Waals surface area contributed by atoms with Crippen LogP contribution in [0.1, 0.15) is 42.9 Å². The average Bonchev–Trinajstić information content (AvgIpc) is 3.13. The van der Waals surface area contributed by atoms with E-state index in [1.807, 2.05) is 5.10 Å². The summed E-state index contributed by atoms with van der Waals surface area (Å²) < 4.78 is 39.0. The Labute approximate surface area is 142 Å². The highest BCUT2D eigenvalue weighted by Crippen LogP contribution is 2.37. The zero-order valence-electron chi connectivity index (χ0n) is 13.4. The first-order chi connectivity index (χ1) is 11.8. The van der Waals surface area contributed by atoms with Crippen molar-refractivity contribution in [2.75, 3.05) is 13.1 Å². The van der Waals surface area contributed by atoms with Gasteiger partial charge in [-0.05, 0) is 13.0 Å². The van der Waals surface area contributed by atoms with Gasteiger partial charge in [0.1, 0.15) is 5.69 Å². The van der Waals surface area contributed by atoms with Crippen molar-refractivity contribution in [2.45, 2.75) is 43.4 Å². The zero-order chi connectivity index (χ0) is 18.5. The number of alkyl halides is 3. The normalized spacial score (nSPS) is 16.3. The van der Waals surface area contributed by atoms with Crippen molar-refractivity contribution < 1.29 is 18.0 Å². The molecule has 0 saturated heterocycles. The van der Waals surface area contributed by atoms with E-state index in [0.717, 1.165) is 6.20 Å².